The lowest BCUT2D eigenvalue weighted by Crippen LogP contribution is -2.38. The van der Waals surface area contributed by atoms with Gasteiger partial charge in [0.1, 0.15) is 0 Å². The van der Waals surface area contributed by atoms with Crippen LogP contribution in [0.15, 0.2) is 60.7 Å². The molecule has 0 spiro atoms. The van der Waals surface area contributed by atoms with E-state index in [2.05, 4.69) is 60.2 Å². The van der Waals surface area contributed by atoms with E-state index in [1.54, 1.807) is 6.92 Å². The molecule has 32 heavy (non-hydrogen) atoms. The first-order chi connectivity index (χ1) is 15.4. The summed E-state index contributed by atoms with van der Waals surface area (Å²) in [6.07, 6.45) is 0.0765. The van der Waals surface area contributed by atoms with E-state index in [0.717, 1.165) is 28.2 Å². The van der Waals surface area contributed by atoms with Crippen molar-refractivity contribution in [2.24, 2.45) is 0 Å². The average molecular weight is 434 g/mol. The van der Waals surface area contributed by atoms with Crippen LogP contribution >= 0.6 is 0 Å². The Labute approximate surface area is 189 Å². The molecule has 0 aliphatic rings. The van der Waals surface area contributed by atoms with E-state index in [-0.39, 0.29) is 18.4 Å². The van der Waals surface area contributed by atoms with Crippen molar-refractivity contribution in [3.05, 3.63) is 88.7 Å². The van der Waals surface area contributed by atoms with Gasteiger partial charge in [-0.3, -0.25) is 4.79 Å². The number of nitrogens with one attached hydrogen (secondary N) is 2. The maximum Gasteiger partial charge on any atom is 0.315 e. The Kier molecular flexibility index (Phi) is 7.71. The van der Waals surface area contributed by atoms with Gasteiger partial charge >= 0.3 is 12.0 Å². The van der Waals surface area contributed by atoms with Gasteiger partial charge in [-0.1, -0.05) is 42.5 Å². The van der Waals surface area contributed by atoms with Gasteiger partial charge in [0.2, 0.25) is 0 Å². The van der Waals surface area contributed by atoms with Crippen molar-refractivity contribution in [2.45, 2.75) is 46.7 Å². The zero-order valence-corrected chi connectivity index (χ0v) is 19.1. The van der Waals surface area contributed by atoms with Crippen molar-refractivity contribution >= 4 is 12.0 Å². The largest absolute Gasteiger partial charge is 0.466 e. The van der Waals surface area contributed by atoms with Crippen LogP contribution in [0.3, 0.4) is 0 Å². The second-order valence-electron chi connectivity index (χ2n) is 7.87. The van der Waals surface area contributed by atoms with Gasteiger partial charge in [-0.05, 0) is 62.6 Å². The fourth-order valence-electron chi connectivity index (χ4n) is 3.88. The van der Waals surface area contributed by atoms with Crippen molar-refractivity contribution in [2.75, 3.05) is 6.61 Å². The molecule has 2 aromatic carbocycles. The number of amides is 2. The number of rotatable bonds is 8. The van der Waals surface area contributed by atoms with Crippen LogP contribution in [0.25, 0.3) is 5.69 Å². The van der Waals surface area contributed by atoms with Gasteiger partial charge in [-0.2, -0.15) is 0 Å². The van der Waals surface area contributed by atoms with Crippen molar-refractivity contribution in [3.63, 3.8) is 0 Å². The Morgan fingerprint density at radius 3 is 2.44 bits per heavy atom. The number of hydrogen-bond acceptors (Lipinski definition) is 3. The monoisotopic (exact) mass is 433 g/mol. The molecule has 3 aromatic rings. The molecule has 6 heteroatoms. The van der Waals surface area contributed by atoms with E-state index < -0.39 is 6.04 Å². The predicted octanol–water partition coefficient (Wildman–Crippen LogP) is 4.90. The standard InChI is InChI=1S/C26H31N3O3/c1-5-32-25(30)16-24(21-11-7-6-8-12-21)28-26(31)27-17-22-15-19(3)29(20(22)4)23-13-9-10-18(2)14-23/h6-15,24H,5,16-17H2,1-4H3,(H2,27,28,31). The van der Waals surface area contributed by atoms with Crippen LogP contribution in [0.5, 0.6) is 0 Å². The second kappa shape index (κ2) is 10.7. The summed E-state index contributed by atoms with van der Waals surface area (Å²) in [6.45, 7) is 8.65. The molecule has 0 fully saturated rings. The molecule has 1 aromatic heterocycles. The normalized spacial score (nSPS) is 11.6. The van der Waals surface area contributed by atoms with Gasteiger partial charge in [0.25, 0.3) is 0 Å². The molecule has 0 saturated carbocycles. The number of ether oxygens (including phenoxy) is 1. The molecule has 1 unspecified atom stereocenters. The zero-order chi connectivity index (χ0) is 23.1. The molecule has 0 bridgehead atoms. The second-order valence-corrected chi connectivity index (χ2v) is 7.87. The highest BCUT2D eigenvalue weighted by Crippen LogP contribution is 2.22. The lowest BCUT2D eigenvalue weighted by atomic mass is 10.0. The number of esters is 1. The van der Waals surface area contributed by atoms with Crippen LogP contribution in [-0.2, 0) is 16.1 Å². The number of hydrogen-bond donors (Lipinski definition) is 2. The van der Waals surface area contributed by atoms with Crippen LogP contribution < -0.4 is 10.6 Å². The number of carbonyl (C=O) groups excluding carboxylic acids is 2. The summed E-state index contributed by atoms with van der Waals surface area (Å²) >= 11 is 0. The number of carbonyl (C=O) groups is 2. The highest BCUT2D eigenvalue weighted by atomic mass is 16.5. The van der Waals surface area contributed by atoms with E-state index in [9.17, 15) is 9.59 Å². The Morgan fingerprint density at radius 2 is 1.75 bits per heavy atom. The lowest BCUT2D eigenvalue weighted by molar-refractivity contribution is -0.143. The maximum atomic E-state index is 12.7. The van der Waals surface area contributed by atoms with Gasteiger partial charge in [0.05, 0.1) is 19.1 Å². The Hall–Kier alpha value is -3.54. The Morgan fingerprint density at radius 1 is 1.00 bits per heavy atom. The molecule has 6 nitrogen and oxygen atoms in total. The first kappa shape index (κ1) is 23.1. The van der Waals surface area contributed by atoms with Crippen molar-refractivity contribution in [1.29, 1.82) is 0 Å². The van der Waals surface area contributed by atoms with Gasteiger partial charge < -0.3 is 19.9 Å². The fourth-order valence-corrected chi connectivity index (χ4v) is 3.88. The summed E-state index contributed by atoms with van der Waals surface area (Å²) in [4.78, 5) is 24.7. The van der Waals surface area contributed by atoms with E-state index in [0.29, 0.717) is 13.2 Å². The van der Waals surface area contributed by atoms with Crippen LogP contribution in [0.4, 0.5) is 4.79 Å². The van der Waals surface area contributed by atoms with E-state index in [4.69, 9.17) is 4.74 Å². The predicted molar refractivity (Wildman–Crippen MR) is 126 cm³/mol. The zero-order valence-electron chi connectivity index (χ0n) is 19.1. The van der Waals surface area contributed by atoms with E-state index in [1.165, 1.54) is 5.56 Å². The molecular weight excluding hydrogens is 402 g/mol. The summed E-state index contributed by atoms with van der Waals surface area (Å²) in [6, 6.07) is 19.1. The first-order valence-corrected chi connectivity index (χ1v) is 10.9. The fraction of sp³-hybridized carbons (Fsp3) is 0.308. The topological polar surface area (TPSA) is 72.4 Å². The molecule has 0 radical (unpaired) electrons. The summed E-state index contributed by atoms with van der Waals surface area (Å²) in [5.74, 6) is -0.344. The molecule has 0 aliphatic heterocycles. The number of benzene rings is 2. The molecular formula is C26H31N3O3. The summed E-state index contributed by atoms with van der Waals surface area (Å²) in [7, 11) is 0. The summed E-state index contributed by atoms with van der Waals surface area (Å²) in [5, 5.41) is 5.85. The minimum absolute atomic E-state index is 0.0765. The quantitative estimate of drug-likeness (QED) is 0.497. The Bertz CT molecular complexity index is 1070. The third-order valence-electron chi connectivity index (χ3n) is 5.42. The molecule has 0 saturated heterocycles. The number of urea groups is 1. The molecule has 3 rings (SSSR count). The van der Waals surface area contributed by atoms with E-state index >= 15 is 0 Å². The summed E-state index contributed by atoms with van der Waals surface area (Å²) < 4.78 is 7.26. The van der Waals surface area contributed by atoms with Crippen LogP contribution in [-0.4, -0.2) is 23.2 Å². The van der Waals surface area contributed by atoms with Gasteiger partial charge in [0.15, 0.2) is 0 Å². The third-order valence-corrected chi connectivity index (χ3v) is 5.42. The average Bonchev–Trinajstić information content (AvgIpc) is 3.05. The van der Waals surface area contributed by atoms with Crippen LogP contribution in [0.2, 0.25) is 0 Å². The number of aryl methyl sites for hydroxylation is 2. The molecule has 1 heterocycles. The maximum absolute atomic E-state index is 12.7. The van der Waals surface area contributed by atoms with Crippen LogP contribution in [0, 0.1) is 20.8 Å². The van der Waals surface area contributed by atoms with Gasteiger partial charge in [-0.25, -0.2) is 4.79 Å². The minimum atomic E-state index is -0.463. The third kappa shape index (κ3) is 5.78. The molecule has 2 amide bonds. The minimum Gasteiger partial charge on any atom is -0.466 e. The molecule has 0 aliphatic carbocycles. The van der Waals surface area contributed by atoms with Crippen LogP contribution in [0.1, 0.15) is 47.5 Å². The summed E-state index contributed by atoms with van der Waals surface area (Å²) in [5.41, 5.74) is 6.39. The number of nitrogens with zero attached hydrogens (tertiary/aromatic N) is 1. The SMILES string of the molecule is CCOC(=O)CC(NC(=O)NCc1cc(C)n(-c2cccc(C)c2)c1C)c1ccccc1. The van der Waals surface area contributed by atoms with Gasteiger partial charge in [-0.15, -0.1) is 0 Å². The highest BCUT2D eigenvalue weighted by Gasteiger charge is 2.19. The van der Waals surface area contributed by atoms with Gasteiger partial charge in [0, 0.05) is 23.6 Å². The smallest absolute Gasteiger partial charge is 0.315 e. The molecule has 168 valence electrons. The lowest BCUT2D eigenvalue weighted by Gasteiger charge is -2.19. The van der Waals surface area contributed by atoms with E-state index in [1.807, 2.05) is 36.4 Å². The van der Waals surface area contributed by atoms with Crippen molar-refractivity contribution in [3.8, 4) is 5.69 Å². The van der Waals surface area contributed by atoms with Crippen molar-refractivity contribution in [1.82, 2.24) is 15.2 Å². The molecule has 2 N–H and O–H groups in total. The number of aromatic nitrogens is 1. The van der Waals surface area contributed by atoms with Crippen molar-refractivity contribution < 1.29 is 14.3 Å². The first-order valence-electron chi connectivity index (χ1n) is 10.9. The Balaban J connectivity index is 1.69. The molecule has 1 atom stereocenters. The highest BCUT2D eigenvalue weighted by molar-refractivity contribution is 5.76.